The van der Waals surface area contributed by atoms with Crippen LogP contribution < -0.4 is 15.8 Å². The first-order valence-corrected chi connectivity index (χ1v) is 8.61. The van der Waals surface area contributed by atoms with Crippen molar-refractivity contribution < 1.29 is 14.3 Å². The standard InChI is InChI=1S/C18H26N2O3/c19-11-14-5-2-8-17(14)20-18(21)13-4-1-6-15(10-13)23-12-16-7-3-9-22-16/h1,4,6,10,14,16-17H,2-3,5,7-9,11-12,19H2,(H,20,21)/t14-,16-,17-/m0/s1. The molecule has 1 aromatic rings. The molecule has 3 atom stereocenters. The second kappa shape index (κ2) is 7.79. The van der Waals surface area contributed by atoms with Crippen LogP contribution in [0.5, 0.6) is 5.75 Å². The number of ether oxygens (including phenoxy) is 2. The Kier molecular flexibility index (Phi) is 5.51. The molecular weight excluding hydrogens is 292 g/mol. The Morgan fingerprint density at radius 3 is 3.00 bits per heavy atom. The molecule has 3 N–H and O–H groups in total. The van der Waals surface area contributed by atoms with E-state index in [2.05, 4.69) is 5.32 Å². The topological polar surface area (TPSA) is 73.6 Å². The first kappa shape index (κ1) is 16.3. The molecule has 1 saturated carbocycles. The van der Waals surface area contributed by atoms with E-state index in [4.69, 9.17) is 15.2 Å². The second-order valence-electron chi connectivity index (χ2n) is 6.48. The van der Waals surface area contributed by atoms with Crippen molar-refractivity contribution in [3.63, 3.8) is 0 Å². The summed E-state index contributed by atoms with van der Waals surface area (Å²) in [5.74, 6) is 1.07. The molecule has 1 amide bonds. The number of carbonyl (C=O) groups excluding carboxylic acids is 1. The molecule has 1 aliphatic carbocycles. The lowest BCUT2D eigenvalue weighted by atomic mass is 10.0. The van der Waals surface area contributed by atoms with Crippen LogP contribution in [0.2, 0.25) is 0 Å². The number of nitrogens with two attached hydrogens (primary N) is 1. The average Bonchev–Trinajstić information content (AvgIpc) is 3.24. The summed E-state index contributed by atoms with van der Waals surface area (Å²) in [7, 11) is 0. The number of rotatable bonds is 6. The van der Waals surface area contributed by atoms with Crippen molar-refractivity contribution in [1.82, 2.24) is 5.32 Å². The number of hydrogen-bond acceptors (Lipinski definition) is 4. The Hall–Kier alpha value is -1.59. The maximum Gasteiger partial charge on any atom is 0.251 e. The molecule has 0 spiro atoms. The minimum Gasteiger partial charge on any atom is -0.491 e. The van der Waals surface area contributed by atoms with Crippen LogP contribution in [0.3, 0.4) is 0 Å². The van der Waals surface area contributed by atoms with Crippen LogP contribution in [0, 0.1) is 5.92 Å². The van der Waals surface area contributed by atoms with E-state index >= 15 is 0 Å². The van der Waals surface area contributed by atoms with Gasteiger partial charge in [0.2, 0.25) is 0 Å². The number of carbonyl (C=O) groups is 1. The number of nitrogens with one attached hydrogen (secondary N) is 1. The lowest BCUT2D eigenvalue weighted by Gasteiger charge is -2.19. The molecule has 2 aliphatic rings. The largest absolute Gasteiger partial charge is 0.491 e. The summed E-state index contributed by atoms with van der Waals surface area (Å²) in [4.78, 5) is 12.4. The fourth-order valence-electron chi connectivity index (χ4n) is 3.45. The summed E-state index contributed by atoms with van der Waals surface area (Å²) in [6.45, 7) is 2.00. The van der Waals surface area contributed by atoms with Gasteiger partial charge in [-0.3, -0.25) is 4.79 Å². The highest BCUT2D eigenvalue weighted by atomic mass is 16.5. The highest BCUT2D eigenvalue weighted by molar-refractivity contribution is 5.94. The van der Waals surface area contributed by atoms with Gasteiger partial charge in [-0.2, -0.15) is 0 Å². The number of amides is 1. The van der Waals surface area contributed by atoms with Crippen LogP contribution in [-0.2, 0) is 4.74 Å². The van der Waals surface area contributed by atoms with E-state index in [0.29, 0.717) is 24.6 Å². The van der Waals surface area contributed by atoms with E-state index in [9.17, 15) is 4.79 Å². The second-order valence-corrected chi connectivity index (χ2v) is 6.48. The molecule has 0 unspecified atom stereocenters. The smallest absolute Gasteiger partial charge is 0.251 e. The molecule has 5 nitrogen and oxygen atoms in total. The van der Waals surface area contributed by atoms with Crippen LogP contribution in [0.25, 0.3) is 0 Å². The number of hydrogen-bond donors (Lipinski definition) is 2. The molecule has 2 fully saturated rings. The van der Waals surface area contributed by atoms with Crippen molar-refractivity contribution in [2.75, 3.05) is 19.8 Å². The molecule has 1 aliphatic heterocycles. The molecule has 1 saturated heterocycles. The maximum absolute atomic E-state index is 12.4. The van der Waals surface area contributed by atoms with E-state index < -0.39 is 0 Å². The Labute approximate surface area is 137 Å². The summed E-state index contributed by atoms with van der Waals surface area (Å²) in [5, 5.41) is 3.12. The Balaban J connectivity index is 1.56. The van der Waals surface area contributed by atoms with Crippen molar-refractivity contribution in [2.24, 2.45) is 11.7 Å². The van der Waals surface area contributed by atoms with Crippen LogP contribution >= 0.6 is 0 Å². The highest BCUT2D eigenvalue weighted by Gasteiger charge is 2.27. The van der Waals surface area contributed by atoms with Gasteiger partial charge in [-0.05, 0) is 56.3 Å². The molecule has 0 radical (unpaired) electrons. The zero-order valence-electron chi connectivity index (χ0n) is 13.5. The average molecular weight is 318 g/mol. The monoisotopic (exact) mass is 318 g/mol. The van der Waals surface area contributed by atoms with Crippen molar-refractivity contribution in [3.8, 4) is 5.75 Å². The number of benzene rings is 1. The SMILES string of the molecule is NC[C@@H]1CCC[C@@H]1NC(=O)c1cccc(OC[C@@H]2CCCO2)c1. The molecule has 0 aromatic heterocycles. The fraction of sp³-hybridized carbons (Fsp3) is 0.611. The molecule has 1 heterocycles. The Bertz CT molecular complexity index is 529. The van der Waals surface area contributed by atoms with Gasteiger partial charge >= 0.3 is 0 Å². The van der Waals surface area contributed by atoms with Crippen molar-refractivity contribution in [3.05, 3.63) is 29.8 Å². The van der Waals surface area contributed by atoms with Gasteiger partial charge in [-0.1, -0.05) is 12.5 Å². The Morgan fingerprint density at radius 1 is 1.30 bits per heavy atom. The van der Waals surface area contributed by atoms with E-state index in [1.54, 1.807) is 6.07 Å². The van der Waals surface area contributed by atoms with Crippen molar-refractivity contribution >= 4 is 5.91 Å². The molecule has 5 heteroatoms. The lowest BCUT2D eigenvalue weighted by molar-refractivity contribution is 0.0679. The first-order valence-electron chi connectivity index (χ1n) is 8.61. The predicted molar refractivity (Wildman–Crippen MR) is 88.6 cm³/mol. The molecule has 23 heavy (non-hydrogen) atoms. The molecule has 3 rings (SSSR count). The van der Waals surface area contributed by atoms with Gasteiger partial charge < -0.3 is 20.5 Å². The maximum atomic E-state index is 12.4. The minimum atomic E-state index is -0.0436. The minimum absolute atomic E-state index is 0.0436. The third-order valence-electron chi connectivity index (χ3n) is 4.83. The van der Waals surface area contributed by atoms with Gasteiger partial charge in [0.05, 0.1) is 6.10 Å². The summed E-state index contributed by atoms with van der Waals surface area (Å²) < 4.78 is 11.3. The predicted octanol–water partition coefficient (Wildman–Crippen LogP) is 2.10. The van der Waals surface area contributed by atoms with Gasteiger partial charge in [-0.15, -0.1) is 0 Å². The van der Waals surface area contributed by atoms with Crippen LogP contribution in [0.4, 0.5) is 0 Å². The van der Waals surface area contributed by atoms with Crippen LogP contribution in [0.1, 0.15) is 42.5 Å². The quantitative estimate of drug-likeness (QED) is 0.842. The summed E-state index contributed by atoms with van der Waals surface area (Å²) >= 11 is 0. The third-order valence-corrected chi connectivity index (χ3v) is 4.83. The molecule has 0 bridgehead atoms. The third kappa shape index (κ3) is 4.24. The van der Waals surface area contributed by atoms with Crippen molar-refractivity contribution in [2.45, 2.75) is 44.2 Å². The van der Waals surface area contributed by atoms with Gasteiger partial charge in [0.1, 0.15) is 12.4 Å². The summed E-state index contributed by atoms with van der Waals surface area (Å²) in [6, 6.07) is 7.56. The van der Waals surface area contributed by atoms with E-state index in [1.165, 1.54) is 0 Å². The zero-order valence-corrected chi connectivity index (χ0v) is 13.5. The molecular formula is C18H26N2O3. The van der Waals surface area contributed by atoms with Crippen LogP contribution in [-0.4, -0.2) is 37.8 Å². The first-order chi connectivity index (χ1) is 11.3. The zero-order chi connectivity index (χ0) is 16.1. The van der Waals surface area contributed by atoms with Gasteiger partial charge in [0, 0.05) is 18.2 Å². The van der Waals surface area contributed by atoms with Gasteiger partial charge in [0.15, 0.2) is 0 Å². The van der Waals surface area contributed by atoms with Crippen molar-refractivity contribution in [1.29, 1.82) is 0 Å². The summed E-state index contributed by atoms with van der Waals surface area (Å²) in [6.07, 6.45) is 5.57. The van der Waals surface area contributed by atoms with E-state index in [1.807, 2.05) is 18.2 Å². The van der Waals surface area contributed by atoms with E-state index in [0.717, 1.165) is 44.5 Å². The summed E-state index contributed by atoms with van der Waals surface area (Å²) in [5.41, 5.74) is 6.42. The van der Waals surface area contributed by atoms with Crippen LogP contribution in [0.15, 0.2) is 24.3 Å². The van der Waals surface area contributed by atoms with E-state index in [-0.39, 0.29) is 18.1 Å². The Morgan fingerprint density at radius 2 is 2.22 bits per heavy atom. The lowest BCUT2D eigenvalue weighted by Crippen LogP contribution is -2.39. The van der Waals surface area contributed by atoms with Gasteiger partial charge in [0.25, 0.3) is 5.91 Å². The molecule has 126 valence electrons. The highest BCUT2D eigenvalue weighted by Crippen LogP contribution is 2.25. The fourth-order valence-corrected chi connectivity index (χ4v) is 3.45. The normalized spacial score (nSPS) is 27.1. The van der Waals surface area contributed by atoms with Gasteiger partial charge in [-0.25, -0.2) is 0 Å². The molecule has 1 aromatic carbocycles.